The van der Waals surface area contributed by atoms with Crippen LogP contribution in [-0.2, 0) is 27.2 Å². The van der Waals surface area contributed by atoms with Crippen molar-refractivity contribution in [3.8, 4) is 51.6 Å². The highest BCUT2D eigenvalue weighted by molar-refractivity contribution is 9.10. The van der Waals surface area contributed by atoms with Crippen molar-refractivity contribution in [2.24, 2.45) is 24.9 Å². The summed E-state index contributed by atoms with van der Waals surface area (Å²) in [6.07, 6.45) is 0. The lowest BCUT2D eigenvalue weighted by molar-refractivity contribution is 0.342. The Balaban J connectivity index is 0.000000186. The number of phenolic OH excluding ortho intramolecular Hbond substituents is 1. The Hall–Kier alpha value is -7.22. The standard InChI is InChI=1S/C26H24FN3O2.C19H21FN2O2.C7H4BrN/c1-26(2,3)16-30-22-13-12-21(23(27)24(22)29(4)25(30)31)18-6-5-7-20(14-18)32-19-10-8-17(15-28)9-11-19;1-19(2,3)11-22-15-9-8-14(12-6-5-7-13(23)10-12)16(20)17(15)21(4)18(22)24;8-7-3-1-6(5-9)2-4-7/h5-14H,16H2,1-4H3;5-10,23H,11H2,1-4H3;1-4H. The van der Waals surface area contributed by atoms with Crippen LogP contribution in [0.2, 0.25) is 0 Å². The Kier molecular flexibility index (Phi) is 14.0. The lowest BCUT2D eigenvalue weighted by Gasteiger charge is -2.18. The lowest BCUT2D eigenvalue weighted by Crippen LogP contribution is -2.27. The Labute approximate surface area is 384 Å². The zero-order valence-corrected chi connectivity index (χ0v) is 39.0. The van der Waals surface area contributed by atoms with Crippen LogP contribution < -0.4 is 16.1 Å². The molecule has 332 valence electrons. The fraction of sp³-hybridized carbons (Fsp3) is 0.231. The van der Waals surface area contributed by atoms with E-state index < -0.39 is 11.6 Å². The second kappa shape index (κ2) is 19.3. The van der Waals surface area contributed by atoms with Crippen LogP contribution in [0.15, 0.2) is 135 Å². The summed E-state index contributed by atoms with van der Waals surface area (Å²) in [5.74, 6) is 0.312. The van der Waals surface area contributed by atoms with Gasteiger partial charge >= 0.3 is 11.4 Å². The number of fused-ring (bicyclic) bond motifs is 2. The van der Waals surface area contributed by atoms with Crippen LogP contribution in [0.4, 0.5) is 8.78 Å². The molecule has 0 spiro atoms. The van der Waals surface area contributed by atoms with Crippen LogP contribution in [0, 0.1) is 45.1 Å². The molecule has 0 unspecified atom stereocenters. The second-order valence-corrected chi connectivity index (χ2v) is 18.9. The number of aromatic nitrogens is 4. The maximum Gasteiger partial charge on any atom is 0.328 e. The van der Waals surface area contributed by atoms with Crippen molar-refractivity contribution in [1.29, 1.82) is 10.5 Å². The third-order valence-electron chi connectivity index (χ3n) is 10.2. The van der Waals surface area contributed by atoms with E-state index in [0.29, 0.717) is 69.0 Å². The number of hydrogen-bond acceptors (Lipinski definition) is 6. The number of phenols is 1. The molecule has 2 heterocycles. The molecule has 0 saturated carbocycles. The average molecular weight is 940 g/mol. The molecular weight excluding hydrogens is 891 g/mol. The Morgan fingerprint density at radius 2 is 1.03 bits per heavy atom. The zero-order valence-electron chi connectivity index (χ0n) is 37.5. The number of aryl methyl sites for hydroxylation is 2. The minimum absolute atomic E-state index is 0.0752. The van der Waals surface area contributed by atoms with Crippen LogP contribution in [0.25, 0.3) is 44.3 Å². The number of benzene rings is 6. The molecule has 6 aromatic carbocycles. The van der Waals surface area contributed by atoms with E-state index in [-0.39, 0.29) is 39.0 Å². The number of hydrogen-bond donors (Lipinski definition) is 1. The maximum atomic E-state index is 15.6. The van der Waals surface area contributed by atoms with Gasteiger partial charge in [0.25, 0.3) is 0 Å². The molecule has 10 nitrogen and oxygen atoms in total. The Morgan fingerprint density at radius 3 is 1.46 bits per heavy atom. The largest absolute Gasteiger partial charge is 0.508 e. The number of nitrogens with zero attached hydrogens (tertiary/aromatic N) is 6. The predicted octanol–water partition coefficient (Wildman–Crippen LogP) is 12.1. The van der Waals surface area contributed by atoms with Crippen molar-refractivity contribution in [2.75, 3.05) is 0 Å². The van der Waals surface area contributed by atoms with E-state index in [2.05, 4.69) is 22.0 Å². The van der Waals surface area contributed by atoms with Gasteiger partial charge in [0.05, 0.1) is 34.3 Å². The molecule has 0 atom stereocenters. The van der Waals surface area contributed by atoms with Gasteiger partial charge in [0, 0.05) is 42.8 Å². The van der Waals surface area contributed by atoms with Gasteiger partial charge in [0.2, 0.25) is 0 Å². The van der Waals surface area contributed by atoms with Gasteiger partial charge in [-0.05, 0) is 119 Å². The summed E-state index contributed by atoms with van der Waals surface area (Å²) in [6, 6.07) is 38.6. The molecule has 0 aliphatic carbocycles. The summed E-state index contributed by atoms with van der Waals surface area (Å²) in [5.41, 5.74) is 4.27. The molecule has 8 aromatic rings. The maximum absolute atomic E-state index is 15.6. The van der Waals surface area contributed by atoms with Crippen LogP contribution in [0.3, 0.4) is 0 Å². The van der Waals surface area contributed by atoms with Crippen molar-refractivity contribution in [3.63, 3.8) is 0 Å². The number of ether oxygens (including phenoxy) is 1. The fourth-order valence-corrected chi connectivity index (χ4v) is 7.57. The summed E-state index contributed by atoms with van der Waals surface area (Å²) >= 11 is 3.27. The summed E-state index contributed by atoms with van der Waals surface area (Å²) in [7, 11) is 3.18. The molecule has 0 saturated heterocycles. The molecule has 0 aliphatic rings. The summed E-state index contributed by atoms with van der Waals surface area (Å²) in [4.78, 5) is 25.3. The number of halogens is 3. The fourth-order valence-electron chi connectivity index (χ4n) is 7.30. The van der Waals surface area contributed by atoms with E-state index in [1.54, 1.807) is 120 Å². The lowest BCUT2D eigenvalue weighted by atomic mass is 9.96. The van der Waals surface area contributed by atoms with Crippen molar-refractivity contribution >= 4 is 38.0 Å². The van der Waals surface area contributed by atoms with Crippen molar-refractivity contribution < 1.29 is 18.6 Å². The van der Waals surface area contributed by atoms with E-state index in [9.17, 15) is 14.7 Å². The molecule has 0 amide bonds. The molecule has 1 N–H and O–H groups in total. The van der Waals surface area contributed by atoms with Gasteiger partial charge in [-0.3, -0.25) is 18.3 Å². The quantitative estimate of drug-likeness (QED) is 0.177. The minimum Gasteiger partial charge on any atom is -0.508 e. The third-order valence-corrected chi connectivity index (χ3v) is 10.8. The van der Waals surface area contributed by atoms with Gasteiger partial charge in [0.15, 0.2) is 11.6 Å². The van der Waals surface area contributed by atoms with E-state index in [4.69, 9.17) is 15.3 Å². The van der Waals surface area contributed by atoms with Gasteiger partial charge in [-0.15, -0.1) is 0 Å². The molecule has 0 fully saturated rings. The van der Waals surface area contributed by atoms with Crippen LogP contribution in [0.5, 0.6) is 17.2 Å². The Bertz CT molecular complexity index is 3230. The highest BCUT2D eigenvalue weighted by Crippen LogP contribution is 2.34. The van der Waals surface area contributed by atoms with Gasteiger partial charge in [0.1, 0.15) is 28.3 Å². The zero-order chi connectivity index (χ0) is 47.4. The first-order chi connectivity index (χ1) is 30.7. The summed E-state index contributed by atoms with van der Waals surface area (Å²) in [5, 5.41) is 26.9. The van der Waals surface area contributed by atoms with Gasteiger partial charge < -0.3 is 9.84 Å². The minimum atomic E-state index is -0.453. The molecule has 0 bridgehead atoms. The number of nitriles is 2. The topological polar surface area (TPSA) is 131 Å². The van der Waals surface area contributed by atoms with Gasteiger partial charge in [-0.25, -0.2) is 18.4 Å². The van der Waals surface area contributed by atoms with E-state index in [0.717, 1.165) is 4.47 Å². The van der Waals surface area contributed by atoms with Gasteiger partial charge in [-0.2, -0.15) is 10.5 Å². The molecule has 13 heteroatoms. The molecule has 2 aromatic heterocycles. The third kappa shape index (κ3) is 10.9. The van der Waals surface area contributed by atoms with E-state index >= 15 is 8.78 Å². The van der Waals surface area contributed by atoms with Crippen molar-refractivity contribution in [3.05, 3.63) is 170 Å². The average Bonchev–Trinajstić information content (AvgIpc) is 3.64. The first-order valence-electron chi connectivity index (χ1n) is 20.7. The highest BCUT2D eigenvalue weighted by atomic mass is 79.9. The number of imidazole rings is 2. The number of aromatic hydroxyl groups is 1. The normalized spacial score (nSPS) is 11.3. The summed E-state index contributed by atoms with van der Waals surface area (Å²) < 4.78 is 43.6. The SMILES string of the molecule is Cn1c(=O)n(CC(C)(C)C)c2ccc(-c3cccc(O)c3)c(F)c21.Cn1c(=O)n(CC(C)(C)C)c2ccc(-c3cccc(Oc4ccc(C#N)cc4)c3)c(F)c21.N#Cc1ccc(Br)cc1. The van der Waals surface area contributed by atoms with Gasteiger partial charge in [-0.1, -0.05) is 81.7 Å². The molecule has 0 aliphatic heterocycles. The first kappa shape index (κ1) is 47.3. The predicted molar refractivity (Wildman–Crippen MR) is 256 cm³/mol. The van der Waals surface area contributed by atoms with Crippen LogP contribution in [0.1, 0.15) is 52.7 Å². The number of rotatable bonds is 6. The molecule has 0 radical (unpaired) electrons. The molecule has 65 heavy (non-hydrogen) atoms. The van der Waals surface area contributed by atoms with Crippen LogP contribution in [-0.4, -0.2) is 23.4 Å². The highest BCUT2D eigenvalue weighted by Gasteiger charge is 2.23. The van der Waals surface area contributed by atoms with Crippen molar-refractivity contribution in [2.45, 2.75) is 54.6 Å². The second-order valence-electron chi connectivity index (χ2n) is 18.0. The van der Waals surface area contributed by atoms with E-state index in [1.165, 1.54) is 21.3 Å². The Morgan fingerprint density at radius 1 is 0.600 bits per heavy atom. The van der Waals surface area contributed by atoms with E-state index in [1.807, 2.05) is 59.7 Å². The van der Waals surface area contributed by atoms with Crippen molar-refractivity contribution in [1.82, 2.24) is 18.3 Å². The monoisotopic (exact) mass is 938 g/mol. The summed E-state index contributed by atoms with van der Waals surface area (Å²) in [6.45, 7) is 13.2. The smallest absolute Gasteiger partial charge is 0.328 e. The molecular formula is C52H49BrF2N6O4. The molecule has 8 rings (SSSR count). The first-order valence-corrected chi connectivity index (χ1v) is 21.5. The van der Waals surface area contributed by atoms with Crippen LogP contribution >= 0.6 is 15.9 Å².